The van der Waals surface area contributed by atoms with Crippen LogP contribution in [0.15, 0.2) is 59.7 Å². The van der Waals surface area contributed by atoms with E-state index >= 15 is 0 Å². The summed E-state index contributed by atoms with van der Waals surface area (Å²) in [6.07, 6.45) is 1.59. The minimum absolute atomic E-state index is 0.00392. The van der Waals surface area contributed by atoms with Gasteiger partial charge in [-0.15, -0.1) is 0 Å². The van der Waals surface area contributed by atoms with Crippen LogP contribution < -0.4 is 10.5 Å². The number of anilines is 1. The van der Waals surface area contributed by atoms with Gasteiger partial charge in [0.2, 0.25) is 0 Å². The third-order valence-corrected chi connectivity index (χ3v) is 4.89. The molecule has 0 N–H and O–H groups in total. The van der Waals surface area contributed by atoms with Gasteiger partial charge in [0.15, 0.2) is 0 Å². The molecular weight excluding hydrogens is 312 g/mol. The molecule has 2 aromatic carbocycles. The number of hydrogen-bond donors (Lipinski definition) is 0. The van der Waals surface area contributed by atoms with Gasteiger partial charge in [-0.05, 0) is 23.8 Å². The van der Waals surface area contributed by atoms with E-state index in [0.717, 1.165) is 43.9 Å². The molecule has 25 heavy (non-hydrogen) atoms. The van der Waals surface area contributed by atoms with Gasteiger partial charge in [-0.2, -0.15) is 0 Å². The lowest BCUT2D eigenvalue weighted by atomic mass is 10.1. The Bertz CT molecular complexity index is 927. The van der Waals surface area contributed by atoms with E-state index in [9.17, 15) is 4.79 Å². The number of rotatable bonds is 3. The molecule has 2 heterocycles. The fourth-order valence-electron chi connectivity index (χ4n) is 3.40. The van der Waals surface area contributed by atoms with Crippen molar-refractivity contribution < 1.29 is 0 Å². The average Bonchev–Trinajstić information content (AvgIpc) is 2.66. The maximum absolute atomic E-state index is 12.1. The number of fused-ring (bicyclic) bond motifs is 1. The smallest absolute Gasteiger partial charge is 0.260 e. The van der Waals surface area contributed by atoms with Gasteiger partial charge in [0.25, 0.3) is 5.56 Å². The van der Waals surface area contributed by atoms with Crippen molar-refractivity contribution in [3.05, 3.63) is 70.8 Å². The van der Waals surface area contributed by atoms with E-state index in [-0.39, 0.29) is 5.56 Å². The van der Waals surface area contributed by atoms with Gasteiger partial charge < -0.3 is 9.47 Å². The van der Waals surface area contributed by atoms with Crippen LogP contribution in [0.25, 0.3) is 10.9 Å². The first-order valence-corrected chi connectivity index (χ1v) is 8.67. The molecular formula is C20H22N4O. The van der Waals surface area contributed by atoms with Gasteiger partial charge in [0.1, 0.15) is 0 Å². The first-order chi connectivity index (χ1) is 12.2. The molecule has 1 fully saturated rings. The topological polar surface area (TPSA) is 41.4 Å². The SMILES string of the molecule is Cn1cnc2cc(N3CCN(Cc4ccccc4)CC3)ccc2c1=O. The van der Waals surface area contributed by atoms with Crippen molar-refractivity contribution in [2.45, 2.75) is 6.54 Å². The van der Waals surface area contributed by atoms with Crippen LogP contribution in [0, 0.1) is 0 Å². The lowest BCUT2D eigenvalue weighted by Gasteiger charge is -2.36. The van der Waals surface area contributed by atoms with Gasteiger partial charge in [-0.1, -0.05) is 30.3 Å². The van der Waals surface area contributed by atoms with Crippen LogP contribution in [0.5, 0.6) is 0 Å². The second-order valence-corrected chi connectivity index (χ2v) is 6.61. The van der Waals surface area contributed by atoms with Gasteiger partial charge in [-0.25, -0.2) is 4.98 Å². The molecule has 5 nitrogen and oxygen atoms in total. The Morgan fingerprint density at radius 3 is 2.52 bits per heavy atom. The molecule has 0 radical (unpaired) electrons. The van der Waals surface area contributed by atoms with Gasteiger partial charge in [-0.3, -0.25) is 9.69 Å². The zero-order valence-electron chi connectivity index (χ0n) is 14.4. The van der Waals surface area contributed by atoms with Crippen LogP contribution in [0.1, 0.15) is 5.56 Å². The summed E-state index contributed by atoms with van der Waals surface area (Å²) in [5.74, 6) is 0. The Labute approximate surface area is 147 Å². The fraction of sp³-hybridized carbons (Fsp3) is 0.300. The molecule has 0 aliphatic carbocycles. The zero-order chi connectivity index (χ0) is 17.2. The van der Waals surface area contributed by atoms with E-state index in [1.54, 1.807) is 13.4 Å². The maximum atomic E-state index is 12.1. The Morgan fingerprint density at radius 1 is 1.00 bits per heavy atom. The number of aryl methyl sites for hydroxylation is 1. The van der Waals surface area contributed by atoms with Crippen LogP contribution in [0.2, 0.25) is 0 Å². The van der Waals surface area contributed by atoms with E-state index in [1.165, 1.54) is 10.1 Å². The summed E-state index contributed by atoms with van der Waals surface area (Å²) in [6.45, 7) is 5.06. The molecule has 0 amide bonds. The van der Waals surface area contributed by atoms with Crippen molar-refractivity contribution in [1.82, 2.24) is 14.5 Å². The summed E-state index contributed by atoms with van der Waals surface area (Å²) < 4.78 is 1.52. The van der Waals surface area contributed by atoms with Gasteiger partial charge in [0.05, 0.1) is 17.2 Å². The van der Waals surface area contributed by atoms with Crippen molar-refractivity contribution in [1.29, 1.82) is 0 Å². The Kier molecular flexibility index (Phi) is 4.24. The van der Waals surface area contributed by atoms with Crippen LogP contribution in [-0.4, -0.2) is 40.6 Å². The van der Waals surface area contributed by atoms with E-state index < -0.39 is 0 Å². The van der Waals surface area contributed by atoms with Crippen molar-refractivity contribution in [2.75, 3.05) is 31.1 Å². The number of benzene rings is 2. The number of hydrogen-bond acceptors (Lipinski definition) is 4. The normalized spacial score (nSPS) is 15.6. The standard InChI is InChI=1S/C20H22N4O/c1-22-15-21-19-13-17(7-8-18(19)20(22)25)24-11-9-23(10-12-24)14-16-5-3-2-4-6-16/h2-8,13,15H,9-12,14H2,1H3. The molecule has 1 aliphatic rings. The van der Waals surface area contributed by atoms with Crippen LogP contribution >= 0.6 is 0 Å². The molecule has 0 spiro atoms. The molecule has 128 valence electrons. The molecule has 0 atom stereocenters. The molecule has 1 saturated heterocycles. The molecule has 3 aromatic rings. The molecule has 1 aromatic heterocycles. The monoisotopic (exact) mass is 334 g/mol. The molecule has 5 heteroatoms. The molecule has 0 bridgehead atoms. The number of piperazine rings is 1. The van der Waals surface area contributed by atoms with Crippen LogP contribution in [0.3, 0.4) is 0 Å². The second-order valence-electron chi connectivity index (χ2n) is 6.61. The van der Waals surface area contributed by atoms with Crippen molar-refractivity contribution in [3.63, 3.8) is 0 Å². The quantitative estimate of drug-likeness (QED) is 0.737. The largest absolute Gasteiger partial charge is 0.369 e. The van der Waals surface area contributed by atoms with Gasteiger partial charge >= 0.3 is 0 Å². The molecule has 0 unspecified atom stereocenters. The van der Waals surface area contributed by atoms with E-state index in [0.29, 0.717) is 5.39 Å². The summed E-state index contributed by atoms with van der Waals surface area (Å²) >= 11 is 0. The first-order valence-electron chi connectivity index (χ1n) is 8.67. The minimum Gasteiger partial charge on any atom is -0.369 e. The van der Waals surface area contributed by atoms with Crippen molar-refractivity contribution in [3.8, 4) is 0 Å². The zero-order valence-corrected chi connectivity index (χ0v) is 14.4. The summed E-state index contributed by atoms with van der Waals surface area (Å²) in [4.78, 5) is 21.4. The highest BCUT2D eigenvalue weighted by Crippen LogP contribution is 2.21. The highest BCUT2D eigenvalue weighted by Gasteiger charge is 2.18. The van der Waals surface area contributed by atoms with Crippen molar-refractivity contribution >= 4 is 16.6 Å². The summed E-state index contributed by atoms with van der Waals surface area (Å²) in [5.41, 5.74) is 3.28. The molecule has 0 saturated carbocycles. The summed E-state index contributed by atoms with van der Waals surface area (Å²) in [5, 5.41) is 0.677. The fourth-order valence-corrected chi connectivity index (χ4v) is 3.40. The predicted molar refractivity (Wildman–Crippen MR) is 101 cm³/mol. The lowest BCUT2D eigenvalue weighted by Crippen LogP contribution is -2.46. The first kappa shape index (κ1) is 15.8. The Hall–Kier alpha value is -2.66. The third kappa shape index (κ3) is 3.28. The predicted octanol–water partition coefficient (Wildman–Crippen LogP) is 2.26. The van der Waals surface area contributed by atoms with Crippen LogP contribution in [-0.2, 0) is 13.6 Å². The van der Waals surface area contributed by atoms with E-state index in [1.807, 2.05) is 18.2 Å². The summed E-state index contributed by atoms with van der Waals surface area (Å²) in [7, 11) is 1.73. The maximum Gasteiger partial charge on any atom is 0.260 e. The van der Waals surface area contributed by atoms with Gasteiger partial charge in [0, 0.05) is 45.5 Å². The highest BCUT2D eigenvalue weighted by atomic mass is 16.1. The summed E-state index contributed by atoms with van der Waals surface area (Å²) in [6, 6.07) is 16.6. The van der Waals surface area contributed by atoms with Crippen molar-refractivity contribution in [2.24, 2.45) is 7.05 Å². The number of nitrogens with zero attached hydrogens (tertiary/aromatic N) is 4. The van der Waals surface area contributed by atoms with E-state index in [2.05, 4.69) is 45.1 Å². The second kappa shape index (κ2) is 6.69. The third-order valence-electron chi connectivity index (χ3n) is 4.89. The highest BCUT2D eigenvalue weighted by molar-refractivity contribution is 5.81. The Balaban J connectivity index is 1.46. The van der Waals surface area contributed by atoms with Crippen LogP contribution in [0.4, 0.5) is 5.69 Å². The molecule has 4 rings (SSSR count). The Morgan fingerprint density at radius 2 is 1.76 bits per heavy atom. The van der Waals surface area contributed by atoms with E-state index in [4.69, 9.17) is 0 Å². The average molecular weight is 334 g/mol. The minimum atomic E-state index is 0.00392. The molecule has 1 aliphatic heterocycles. The lowest BCUT2D eigenvalue weighted by molar-refractivity contribution is 0.250. The number of aromatic nitrogens is 2.